The lowest BCUT2D eigenvalue weighted by Gasteiger charge is -2.34. The number of likely N-dealkylation sites (N-methyl/N-ethyl adjacent to an activating group) is 1. The molecule has 1 aliphatic heterocycles. The van der Waals surface area contributed by atoms with Gasteiger partial charge in [-0.3, -0.25) is 9.59 Å². The largest absolute Gasteiger partial charge is 0.373 e. The van der Waals surface area contributed by atoms with Gasteiger partial charge in [0.25, 0.3) is 11.5 Å². The molecule has 144 valence electrons. The van der Waals surface area contributed by atoms with E-state index in [0.717, 1.165) is 16.6 Å². The Morgan fingerprint density at radius 2 is 1.93 bits per heavy atom. The third-order valence-corrected chi connectivity index (χ3v) is 5.39. The Bertz CT molecular complexity index is 1160. The number of pyridine rings is 1. The molecule has 3 aromatic rings. The number of amides is 1. The quantitative estimate of drug-likeness (QED) is 0.646. The van der Waals surface area contributed by atoms with Crippen molar-refractivity contribution < 1.29 is 18.3 Å². The number of benzene rings is 2. The Kier molecular flexibility index (Phi) is 4.76. The number of fused-ring (bicyclic) bond motifs is 3. The summed E-state index contributed by atoms with van der Waals surface area (Å²) in [4.78, 5) is 29.4. The van der Waals surface area contributed by atoms with Crippen LogP contribution in [-0.2, 0) is 11.3 Å². The van der Waals surface area contributed by atoms with E-state index in [1.807, 2.05) is 6.07 Å². The zero-order valence-corrected chi connectivity index (χ0v) is 16.3. The lowest BCUT2D eigenvalue weighted by molar-refractivity contribution is 0.0335. The van der Waals surface area contributed by atoms with Crippen LogP contribution in [0.1, 0.15) is 27.7 Å². The first-order valence-electron chi connectivity index (χ1n) is 8.51. The molecule has 8 heteroatoms. The minimum Gasteiger partial charge on any atom is -0.373 e. The van der Waals surface area contributed by atoms with E-state index in [4.69, 9.17) is 4.74 Å². The smallest absolute Gasteiger partial charge is 0.256 e. The second-order valence-electron chi connectivity index (χ2n) is 6.62. The van der Waals surface area contributed by atoms with Gasteiger partial charge in [-0.15, -0.1) is 0 Å². The minimum absolute atomic E-state index is 0.0351. The van der Waals surface area contributed by atoms with Crippen LogP contribution < -0.4 is 5.56 Å². The fourth-order valence-electron chi connectivity index (χ4n) is 3.51. The van der Waals surface area contributed by atoms with E-state index in [-0.39, 0.29) is 29.9 Å². The van der Waals surface area contributed by atoms with Crippen LogP contribution in [0, 0.1) is 11.6 Å². The van der Waals surface area contributed by atoms with Gasteiger partial charge >= 0.3 is 0 Å². The Morgan fingerprint density at radius 3 is 2.64 bits per heavy atom. The van der Waals surface area contributed by atoms with Crippen molar-refractivity contribution in [3.8, 4) is 0 Å². The topological polar surface area (TPSA) is 62.4 Å². The van der Waals surface area contributed by atoms with Gasteiger partial charge in [0.2, 0.25) is 0 Å². The molecule has 1 N–H and O–H groups in total. The third kappa shape index (κ3) is 3.12. The SMILES string of the molecule is CN(C(=O)c1cccc(Br)c1)[C@H]1COCc2[nH]c(=O)c3cc(F)c(F)cc3c21. The van der Waals surface area contributed by atoms with Gasteiger partial charge in [-0.05, 0) is 35.7 Å². The molecule has 28 heavy (non-hydrogen) atoms. The maximum Gasteiger partial charge on any atom is 0.256 e. The van der Waals surface area contributed by atoms with Gasteiger partial charge in [-0.25, -0.2) is 8.78 Å². The molecule has 4 rings (SSSR count). The van der Waals surface area contributed by atoms with Crippen LogP contribution >= 0.6 is 15.9 Å². The first kappa shape index (κ1) is 18.8. The standard InChI is InChI=1S/C20H15BrF2N2O3/c1-25(20(27)10-3-2-4-11(21)5-10)17-9-28-8-16-18(17)12-6-14(22)15(23)7-13(12)19(26)24-16/h2-7,17H,8-9H2,1H3,(H,24,26)/t17-/m0/s1. The number of halogens is 3. The van der Waals surface area contributed by atoms with Crippen LogP contribution in [-0.4, -0.2) is 29.4 Å². The maximum atomic E-state index is 13.9. The van der Waals surface area contributed by atoms with E-state index < -0.39 is 23.2 Å². The highest BCUT2D eigenvalue weighted by Gasteiger charge is 2.31. The molecule has 1 aromatic heterocycles. The number of carbonyl (C=O) groups is 1. The second-order valence-corrected chi connectivity index (χ2v) is 7.53. The van der Waals surface area contributed by atoms with Gasteiger partial charge in [0.15, 0.2) is 11.6 Å². The predicted molar refractivity (Wildman–Crippen MR) is 103 cm³/mol. The number of nitrogens with one attached hydrogen (secondary N) is 1. The first-order valence-corrected chi connectivity index (χ1v) is 9.30. The number of nitrogens with zero attached hydrogens (tertiary/aromatic N) is 1. The summed E-state index contributed by atoms with van der Waals surface area (Å²) in [5.41, 5.74) is 0.951. The Balaban J connectivity index is 1.86. The summed E-state index contributed by atoms with van der Waals surface area (Å²) < 4.78 is 33.9. The summed E-state index contributed by atoms with van der Waals surface area (Å²) in [6.45, 7) is 0.290. The maximum absolute atomic E-state index is 13.9. The molecular formula is C20H15BrF2N2O3. The van der Waals surface area contributed by atoms with E-state index in [0.29, 0.717) is 16.8 Å². The number of ether oxygens (including phenoxy) is 1. The minimum atomic E-state index is -1.10. The van der Waals surface area contributed by atoms with Crippen molar-refractivity contribution >= 4 is 32.6 Å². The van der Waals surface area contributed by atoms with Gasteiger partial charge in [0.1, 0.15) is 0 Å². The van der Waals surface area contributed by atoms with E-state index >= 15 is 0 Å². The zero-order valence-electron chi connectivity index (χ0n) is 14.8. The highest BCUT2D eigenvalue weighted by molar-refractivity contribution is 9.10. The zero-order chi connectivity index (χ0) is 20.0. The van der Waals surface area contributed by atoms with Gasteiger partial charge in [-0.2, -0.15) is 0 Å². The molecule has 0 bridgehead atoms. The van der Waals surface area contributed by atoms with Gasteiger partial charge in [0.05, 0.1) is 24.6 Å². The summed E-state index contributed by atoms with van der Waals surface area (Å²) in [6.07, 6.45) is 0. The Hall–Kier alpha value is -2.58. The van der Waals surface area contributed by atoms with Crippen molar-refractivity contribution in [2.45, 2.75) is 12.6 Å². The van der Waals surface area contributed by atoms with Gasteiger partial charge < -0.3 is 14.6 Å². The van der Waals surface area contributed by atoms with Crippen molar-refractivity contribution in [3.05, 3.63) is 79.7 Å². The highest BCUT2D eigenvalue weighted by Crippen LogP contribution is 2.34. The molecule has 2 aromatic carbocycles. The first-order chi connectivity index (χ1) is 13.4. The number of hydrogen-bond donors (Lipinski definition) is 1. The number of rotatable bonds is 2. The van der Waals surface area contributed by atoms with Crippen LogP contribution in [0.3, 0.4) is 0 Å². The fraction of sp³-hybridized carbons (Fsp3) is 0.200. The van der Waals surface area contributed by atoms with Gasteiger partial charge in [-0.1, -0.05) is 22.0 Å². The lowest BCUT2D eigenvalue weighted by atomic mass is 9.95. The predicted octanol–water partition coefficient (Wildman–Crippen LogP) is 3.91. The molecule has 0 unspecified atom stereocenters. The molecule has 2 heterocycles. The van der Waals surface area contributed by atoms with Crippen LogP contribution in [0.5, 0.6) is 0 Å². The van der Waals surface area contributed by atoms with Crippen LogP contribution in [0.25, 0.3) is 10.8 Å². The third-order valence-electron chi connectivity index (χ3n) is 4.90. The fourth-order valence-corrected chi connectivity index (χ4v) is 3.91. The van der Waals surface area contributed by atoms with Gasteiger partial charge in [0, 0.05) is 28.3 Å². The number of aromatic amines is 1. The molecule has 0 fully saturated rings. The molecule has 1 atom stereocenters. The van der Waals surface area contributed by atoms with E-state index in [1.54, 1.807) is 25.2 Å². The average molecular weight is 449 g/mol. The molecular weight excluding hydrogens is 434 g/mol. The summed E-state index contributed by atoms with van der Waals surface area (Å²) >= 11 is 3.34. The second kappa shape index (κ2) is 7.10. The number of H-pyrrole nitrogens is 1. The number of aromatic nitrogens is 1. The normalized spacial score (nSPS) is 16.1. The summed E-state index contributed by atoms with van der Waals surface area (Å²) in [5.74, 6) is -2.41. The van der Waals surface area contributed by atoms with Crippen molar-refractivity contribution in [2.75, 3.05) is 13.7 Å². The van der Waals surface area contributed by atoms with Crippen molar-refractivity contribution in [1.82, 2.24) is 9.88 Å². The lowest BCUT2D eigenvalue weighted by Crippen LogP contribution is -2.37. The molecule has 0 aliphatic carbocycles. The van der Waals surface area contributed by atoms with Crippen molar-refractivity contribution in [3.63, 3.8) is 0 Å². The molecule has 1 aliphatic rings. The monoisotopic (exact) mass is 448 g/mol. The Morgan fingerprint density at radius 1 is 1.21 bits per heavy atom. The van der Waals surface area contributed by atoms with Crippen molar-refractivity contribution in [2.24, 2.45) is 0 Å². The van der Waals surface area contributed by atoms with Crippen LogP contribution in [0.15, 0.2) is 45.7 Å². The van der Waals surface area contributed by atoms with E-state index in [9.17, 15) is 18.4 Å². The Labute approximate surface area is 167 Å². The molecule has 0 saturated heterocycles. The molecule has 0 radical (unpaired) electrons. The summed E-state index contributed by atoms with van der Waals surface area (Å²) in [6, 6.07) is 8.27. The number of carbonyl (C=O) groups excluding carboxylic acids is 1. The highest BCUT2D eigenvalue weighted by atomic mass is 79.9. The van der Waals surface area contributed by atoms with Crippen LogP contribution in [0.2, 0.25) is 0 Å². The molecule has 0 saturated carbocycles. The molecule has 1 amide bonds. The summed E-state index contributed by atoms with van der Waals surface area (Å²) in [7, 11) is 1.61. The number of hydrogen-bond acceptors (Lipinski definition) is 3. The molecule has 5 nitrogen and oxygen atoms in total. The van der Waals surface area contributed by atoms with Crippen LogP contribution in [0.4, 0.5) is 8.78 Å². The molecule has 0 spiro atoms. The average Bonchev–Trinajstić information content (AvgIpc) is 2.68. The van der Waals surface area contributed by atoms with E-state index in [2.05, 4.69) is 20.9 Å². The van der Waals surface area contributed by atoms with E-state index in [1.165, 1.54) is 4.90 Å². The summed E-state index contributed by atoms with van der Waals surface area (Å²) in [5, 5.41) is 0.313. The van der Waals surface area contributed by atoms with Crippen molar-refractivity contribution in [1.29, 1.82) is 0 Å².